The van der Waals surface area contributed by atoms with Crippen molar-refractivity contribution in [1.82, 2.24) is 10.2 Å². The van der Waals surface area contributed by atoms with Gasteiger partial charge in [-0.25, -0.2) is 13.2 Å². The van der Waals surface area contributed by atoms with E-state index in [1.54, 1.807) is 12.1 Å². The van der Waals surface area contributed by atoms with Crippen LogP contribution < -0.4 is 5.32 Å². The standard InChI is InChI=1S/C12H16N2O6S/c15-11(16)6-9-8-21(18,19)5-3-14(9)12(17)13-7-10-2-1-4-20-10/h1-2,4,9H,3,5-8H2,(H,13,17)(H,15,16). The molecule has 1 aliphatic heterocycles. The highest BCUT2D eigenvalue weighted by Gasteiger charge is 2.35. The predicted molar refractivity (Wildman–Crippen MR) is 72.3 cm³/mol. The molecule has 1 saturated heterocycles. The van der Waals surface area contributed by atoms with Crippen LogP contribution >= 0.6 is 0 Å². The summed E-state index contributed by atoms with van der Waals surface area (Å²) in [5.74, 6) is -1.06. The third-order valence-corrected chi connectivity index (χ3v) is 4.89. The first-order valence-corrected chi connectivity index (χ1v) is 8.18. The van der Waals surface area contributed by atoms with Gasteiger partial charge in [0.1, 0.15) is 5.76 Å². The fourth-order valence-electron chi connectivity index (χ4n) is 2.20. The average molecular weight is 316 g/mol. The van der Waals surface area contributed by atoms with Crippen LogP contribution in [-0.2, 0) is 21.2 Å². The highest BCUT2D eigenvalue weighted by atomic mass is 32.2. The second-order valence-electron chi connectivity index (χ2n) is 4.80. The molecule has 0 radical (unpaired) electrons. The number of hydrogen-bond acceptors (Lipinski definition) is 5. The minimum atomic E-state index is -3.31. The molecule has 2 N–H and O–H groups in total. The summed E-state index contributed by atoms with van der Waals surface area (Å²) in [6, 6.07) is 2.03. The largest absolute Gasteiger partial charge is 0.481 e. The van der Waals surface area contributed by atoms with Crippen LogP contribution in [0.4, 0.5) is 4.79 Å². The lowest BCUT2D eigenvalue weighted by atomic mass is 10.2. The Morgan fingerprint density at radius 2 is 2.24 bits per heavy atom. The molecule has 0 saturated carbocycles. The lowest BCUT2D eigenvalue weighted by molar-refractivity contribution is -0.138. The molecule has 2 heterocycles. The van der Waals surface area contributed by atoms with Gasteiger partial charge in [0.05, 0.1) is 36.8 Å². The summed E-state index contributed by atoms with van der Waals surface area (Å²) in [4.78, 5) is 24.2. The summed E-state index contributed by atoms with van der Waals surface area (Å²) in [5, 5.41) is 11.4. The Morgan fingerprint density at radius 1 is 1.48 bits per heavy atom. The molecule has 1 aromatic rings. The van der Waals surface area contributed by atoms with Gasteiger partial charge >= 0.3 is 12.0 Å². The molecule has 1 unspecified atom stereocenters. The maximum Gasteiger partial charge on any atom is 0.318 e. The number of aliphatic carboxylic acids is 1. The Balaban J connectivity index is 2.01. The number of carboxylic acid groups (broad SMARTS) is 1. The fraction of sp³-hybridized carbons (Fsp3) is 0.500. The van der Waals surface area contributed by atoms with Crippen LogP contribution in [-0.4, -0.2) is 54.5 Å². The molecule has 0 bridgehead atoms. The zero-order chi connectivity index (χ0) is 15.5. The van der Waals surface area contributed by atoms with E-state index < -0.39 is 34.3 Å². The molecule has 0 spiro atoms. The number of rotatable bonds is 4. The van der Waals surface area contributed by atoms with Gasteiger partial charge in [-0.1, -0.05) is 0 Å². The molecule has 8 nitrogen and oxygen atoms in total. The van der Waals surface area contributed by atoms with Gasteiger partial charge in [0.2, 0.25) is 0 Å². The minimum absolute atomic E-state index is 0.00965. The molecule has 0 aromatic carbocycles. The molecule has 21 heavy (non-hydrogen) atoms. The van der Waals surface area contributed by atoms with Gasteiger partial charge in [0.25, 0.3) is 0 Å². The number of nitrogens with one attached hydrogen (secondary N) is 1. The summed E-state index contributed by atoms with van der Waals surface area (Å²) in [7, 11) is -3.31. The highest BCUT2D eigenvalue weighted by Crippen LogP contribution is 2.15. The van der Waals surface area contributed by atoms with Crippen molar-refractivity contribution in [1.29, 1.82) is 0 Å². The number of urea groups is 1. The average Bonchev–Trinajstić information content (AvgIpc) is 2.87. The quantitative estimate of drug-likeness (QED) is 0.811. The molecule has 0 aliphatic carbocycles. The van der Waals surface area contributed by atoms with E-state index in [2.05, 4.69) is 5.32 Å². The van der Waals surface area contributed by atoms with E-state index >= 15 is 0 Å². The molecule has 116 valence electrons. The Morgan fingerprint density at radius 3 is 2.86 bits per heavy atom. The van der Waals surface area contributed by atoms with E-state index in [4.69, 9.17) is 9.52 Å². The molecular weight excluding hydrogens is 300 g/mol. The highest BCUT2D eigenvalue weighted by molar-refractivity contribution is 7.91. The molecular formula is C12H16N2O6S. The van der Waals surface area contributed by atoms with Crippen LogP contribution in [0.1, 0.15) is 12.2 Å². The molecule has 2 amide bonds. The number of hydrogen-bond donors (Lipinski definition) is 2. The van der Waals surface area contributed by atoms with Crippen molar-refractivity contribution in [2.45, 2.75) is 19.0 Å². The number of amides is 2. The predicted octanol–water partition coefficient (Wildman–Crippen LogP) is 0.0629. The Kier molecular flexibility index (Phi) is 4.51. The van der Waals surface area contributed by atoms with Crippen molar-refractivity contribution in [2.24, 2.45) is 0 Å². The number of carboxylic acids is 1. The Labute approximate surface area is 121 Å². The number of carbonyl (C=O) groups excluding carboxylic acids is 1. The Hall–Kier alpha value is -2.03. The molecule has 1 aromatic heterocycles. The summed E-state index contributed by atoms with van der Waals surface area (Å²) in [6.45, 7) is 0.152. The van der Waals surface area contributed by atoms with Crippen molar-refractivity contribution in [3.63, 3.8) is 0 Å². The van der Waals surface area contributed by atoms with Crippen molar-refractivity contribution in [3.8, 4) is 0 Å². The summed E-state index contributed by atoms with van der Waals surface area (Å²) < 4.78 is 28.3. The number of furan rings is 1. The monoisotopic (exact) mass is 316 g/mol. The van der Waals surface area contributed by atoms with Crippen LogP contribution in [0.3, 0.4) is 0 Å². The van der Waals surface area contributed by atoms with Gasteiger partial charge in [-0.05, 0) is 12.1 Å². The van der Waals surface area contributed by atoms with Crippen LogP contribution in [0.15, 0.2) is 22.8 Å². The number of carbonyl (C=O) groups is 2. The topological polar surface area (TPSA) is 117 Å². The molecule has 1 aliphatic rings. The van der Waals surface area contributed by atoms with E-state index in [1.807, 2.05) is 0 Å². The number of nitrogens with zero attached hydrogens (tertiary/aromatic N) is 1. The van der Waals surface area contributed by atoms with E-state index in [9.17, 15) is 18.0 Å². The van der Waals surface area contributed by atoms with Crippen molar-refractivity contribution in [2.75, 3.05) is 18.1 Å². The first-order valence-electron chi connectivity index (χ1n) is 6.36. The molecule has 1 fully saturated rings. The van der Waals surface area contributed by atoms with Crippen molar-refractivity contribution >= 4 is 21.8 Å². The second kappa shape index (κ2) is 6.17. The smallest absolute Gasteiger partial charge is 0.318 e. The summed E-state index contributed by atoms with van der Waals surface area (Å²) in [6.07, 6.45) is 1.08. The van der Waals surface area contributed by atoms with Crippen LogP contribution in [0.2, 0.25) is 0 Å². The lowest BCUT2D eigenvalue weighted by Gasteiger charge is -2.34. The zero-order valence-electron chi connectivity index (χ0n) is 11.2. The van der Waals surface area contributed by atoms with Gasteiger partial charge in [-0.3, -0.25) is 4.79 Å². The number of sulfone groups is 1. The van der Waals surface area contributed by atoms with Crippen LogP contribution in [0, 0.1) is 0 Å². The third kappa shape index (κ3) is 4.22. The molecule has 2 rings (SSSR count). The van der Waals surface area contributed by atoms with Crippen molar-refractivity contribution < 1.29 is 27.5 Å². The first kappa shape index (κ1) is 15.4. The molecule has 9 heteroatoms. The normalized spacial score (nSPS) is 21.0. The molecule has 1 atom stereocenters. The Bertz CT molecular complexity index is 610. The summed E-state index contributed by atoms with van der Waals surface area (Å²) >= 11 is 0. The van der Waals surface area contributed by atoms with Gasteiger partial charge in [0.15, 0.2) is 9.84 Å². The van der Waals surface area contributed by atoms with E-state index in [0.717, 1.165) is 0 Å². The third-order valence-electron chi connectivity index (χ3n) is 3.20. The maximum absolute atomic E-state index is 12.1. The second-order valence-corrected chi connectivity index (χ2v) is 7.03. The van der Waals surface area contributed by atoms with Crippen LogP contribution in [0.5, 0.6) is 0 Å². The lowest BCUT2D eigenvalue weighted by Crippen LogP contribution is -2.54. The van der Waals surface area contributed by atoms with Gasteiger partial charge in [-0.2, -0.15) is 0 Å². The van der Waals surface area contributed by atoms with E-state index in [1.165, 1.54) is 11.2 Å². The van der Waals surface area contributed by atoms with Gasteiger partial charge in [0, 0.05) is 6.54 Å². The zero-order valence-corrected chi connectivity index (χ0v) is 12.0. The first-order chi connectivity index (χ1) is 9.87. The maximum atomic E-state index is 12.1. The SMILES string of the molecule is O=C(O)CC1CS(=O)(=O)CCN1C(=O)NCc1ccco1. The minimum Gasteiger partial charge on any atom is -0.481 e. The van der Waals surface area contributed by atoms with Crippen molar-refractivity contribution in [3.05, 3.63) is 24.2 Å². The van der Waals surface area contributed by atoms with E-state index in [-0.39, 0.29) is 24.6 Å². The van der Waals surface area contributed by atoms with Gasteiger partial charge in [-0.15, -0.1) is 0 Å². The van der Waals surface area contributed by atoms with Gasteiger partial charge < -0.3 is 19.7 Å². The summed E-state index contributed by atoms with van der Waals surface area (Å²) in [5.41, 5.74) is 0. The van der Waals surface area contributed by atoms with Crippen LogP contribution in [0.25, 0.3) is 0 Å². The van der Waals surface area contributed by atoms with E-state index in [0.29, 0.717) is 5.76 Å². The fourth-order valence-corrected chi connectivity index (χ4v) is 3.73.